The van der Waals surface area contributed by atoms with Crippen LogP contribution in [-0.2, 0) is 10.1 Å². The Bertz CT molecular complexity index is 570. The summed E-state index contributed by atoms with van der Waals surface area (Å²) in [6.07, 6.45) is 7.03. The maximum absolute atomic E-state index is 10.9. The quantitative estimate of drug-likeness (QED) is 0.674. The van der Waals surface area contributed by atoms with Crippen molar-refractivity contribution < 1.29 is 13.0 Å². The van der Waals surface area contributed by atoms with Gasteiger partial charge in [-0.3, -0.25) is 4.55 Å². The largest absolute Gasteiger partial charge is 0.294 e. The molecule has 0 amide bonds. The smallest absolute Gasteiger partial charge is 0.282 e. The van der Waals surface area contributed by atoms with Crippen LogP contribution >= 0.6 is 15.9 Å². The summed E-state index contributed by atoms with van der Waals surface area (Å²) in [6, 6.07) is 6.18. The standard InChI is InChI=1S/C12H11BrO3S/c13-11-5-1-9(2-6-11)10-3-7-12(8-4-10)17(14,15)16/h1-5,7-8,11H,6H2,(H,14,15,16). The second-order valence-corrected chi connectivity index (χ2v) is 6.37. The van der Waals surface area contributed by atoms with Crippen molar-refractivity contribution in [1.29, 1.82) is 0 Å². The van der Waals surface area contributed by atoms with Crippen LogP contribution in [0.2, 0.25) is 0 Å². The molecule has 1 aromatic rings. The number of allylic oxidation sites excluding steroid dienone is 4. The van der Waals surface area contributed by atoms with Gasteiger partial charge in [0.15, 0.2) is 0 Å². The molecule has 17 heavy (non-hydrogen) atoms. The molecule has 0 heterocycles. The molecule has 0 saturated carbocycles. The van der Waals surface area contributed by atoms with Crippen molar-refractivity contribution in [2.24, 2.45) is 0 Å². The van der Waals surface area contributed by atoms with Crippen molar-refractivity contribution >= 4 is 31.6 Å². The van der Waals surface area contributed by atoms with E-state index in [2.05, 4.69) is 22.0 Å². The zero-order chi connectivity index (χ0) is 12.5. The summed E-state index contributed by atoms with van der Waals surface area (Å²) in [4.78, 5) is 0.281. The minimum atomic E-state index is -4.10. The Morgan fingerprint density at radius 2 is 1.88 bits per heavy atom. The average Bonchev–Trinajstić information content (AvgIpc) is 2.29. The van der Waals surface area contributed by atoms with Crippen LogP contribution < -0.4 is 0 Å². The fraction of sp³-hybridized carbons (Fsp3) is 0.167. The summed E-state index contributed by atoms with van der Waals surface area (Å²) in [6.45, 7) is 0. The molecule has 0 aliphatic heterocycles. The third-order valence-electron chi connectivity index (χ3n) is 2.53. The predicted molar refractivity (Wildman–Crippen MR) is 70.7 cm³/mol. The van der Waals surface area contributed by atoms with Crippen molar-refractivity contribution in [3.8, 4) is 0 Å². The highest BCUT2D eigenvalue weighted by Gasteiger charge is 2.10. The van der Waals surface area contributed by atoms with Crippen LogP contribution in [0.4, 0.5) is 0 Å². The molecule has 1 aliphatic carbocycles. The minimum absolute atomic E-state index is 0.0833. The number of halogens is 1. The van der Waals surface area contributed by atoms with Gasteiger partial charge in [0.25, 0.3) is 10.1 Å². The zero-order valence-electron chi connectivity index (χ0n) is 8.88. The molecule has 1 aromatic carbocycles. The Kier molecular flexibility index (Phi) is 3.51. The third kappa shape index (κ3) is 3.06. The van der Waals surface area contributed by atoms with Crippen LogP contribution in [0.1, 0.15) is 12.0 Å². The molecule has 1 atom stereocenters. The summed E-state index contributed by atoms with van der Waals surface area (Å²) in [5.41, 5.74) is 2.00. The lowest BCUT2D eigenvalue weighted by molar-refractivity contribution is 0.483. The van der Waals surface area contributed by atoms with Crippen LogP contribution in [0.15, 0.2) is 47.4 Å². The van der Waals surface area contributed by atoms with E-state index >= 15 is 0 Å². The van der Waals surface area contributed by atoms with Gasteiger partial charge < -0.3 is 0 Å². The van der Waals surface area contributed by atoms with Gasteiger partial charge >= 0.3 is 0 Å². The van der Waals surface area contributed by atoms with Crippen molar-refractivity contribution in [1.82, 2.24) is 0 Å². The molecule has 0 aromatic heterocycles. The van der Waals surface area contributed by atoms with Gasteiger partial charge in [-0.1, -0.05) is 46.3 Å². The molecular weight excluding hydrogens is 304 g/mol. The molecule has 0 saturated heterocycles. The lowest BCUT2D eigenvalue weighted by Crippen LogP contribution is -1.99. The van der Waals surface area contributed by atoms with Crippen LogP contribution in [0.3, 0.4) is 0 Å². The van der Waals surface area contributed by atoms with E-state index in [1.54, 1.807) is 12.1 Å². The molecule has 0 bridgehead atoms. The number of hydrogen-bond acceptors (Lipinski definition) is 2. The predicted octanol–water partition coefficient (Wildman–Crippen LogP) is 3.04. The number of benzene rings is 1. The second-order valence-electron chi connectivity index (χ2n) is 3.77. The summed E-state index contributed by atoms with van der Waals surface area (Å²) in [5.74, 6) is 0. The van der Waals surface area contributed by atoms with Crippen LogP contribution in [0.5, 0.6) is 0 Å². The first-order valence-electron chi connectivity index (χ1n) is 5.07. The Labute approximate surface area is 109 Å². The third-order valence-corrected chi connectivity index (χ3v) is 4.08. The second kappa shape index (κ2) is 4.76. The van der Waals surface area contributed by atoms with Gasteiger partial charge in [-0.15, -0.1) is 0 Å². The van der Waals surface area contributed by atoms with Crippen molar-refractivity contribution in [3.63, 3.8) is 0 Å². The highest BCUT2D eigenvalue weighted by atomic mass is 79.9. The van der Waals surface area contributed by atoms with Gasteiger partial charge in [0, 0.05) is 4.83 Å². The summed E-state index contributed by atoms with van der Waals surface area (Å²) in [7, 11) is -4.10. The van der Waals surface area contributed by atoms with E-state index in [9.17, 15) is 8.42 Å². The van der Waals surface area contributed by atoms with Crippen molar-refractivity contribution in [2.45, 2.75) is 16.1 Å². The van der Waals surface area contributed by atoms with E-state index in [0.29, 0.717) is 4.83 Å². The van der Waals surface area contributed by atoms with Crippen LogP contribution in [-0.4, -0.2) is 17.8 Å². The molecule has 5 heteroatoms. The molecule has 1 aliphatic rings. The monoisotopic (exact) mass is 314 g/mol. The fourth-order valence-corrected chi connectivity index (χ4v) is 2.45. The minimum Gasteiger partial charge on any atom is -0.282 e. The van der Waals surface area contributed by atoms with Gasteiger partial charge in [0.05, 0.1) is 4.90 Å². The summed E-state index contributed by atoms with van der Waals surface area (Å²) >= 11 is 3.48. The molecule has 0 radical (unpaired) electrons. The maximum atomic E-state index is 10.9. The first-order chi connectivity index (χ1) is 7.97. The number of hydrogen-bond donors (Lipinski definition) is 1. The topological polar surface area (TPSA) is 54.4 Å². The molecular formula is C12H11BrO3S. The first kappa shape index (κ1) is 12.5. The number of alkyl halides is 1. The van der Waals surface area contributed by atoms with Gasteiger partial charge in [0.2, 0.25) is 0 Å². The highest BCUT2D eigenvalue weighted by molar-refractivity contribution is 9.09. The summed E-state index contributed by atoms with van der Waals surface area (Å²) < 4.78 is 30.6. The van der Waals surface area contributed by atoms with Crippen molar-refractivity contribution in [3.05, 3.63) is 48.1 Å². The molecule has 0 fully saturated rings. The molecule has 1 unspecified atom stereocenters. The Hall–Kier alpha value is -0.910. The lowest BCUT2D eigenvalue weighted by atomic mass is 10.00. The van der Waals surface area contributed by atoms with E-state index in [-0.39, 0.29) is 4.90 Å². The maximum Gasteiger partial charge on any atom is 0.294 e. The normalized spacial score (nSPS) is 20.1. The molecule has 0 spiro atoms. The fourth-order valence-electron chi connectivity index (χ4n) is 1.63. The van der Waals surface area contributed by atoms with Gasteiger partial charge in [-0.2, -0.15) is 8.42 Å². The van der Waals surface area contributed by atoms with E-state index in [1.165, 1.54) is 12.1 Å². The first-order valence-corrected chi connectivity index (χ1v) is 7.43. The SMILES string of the molecule is O=S(=O)(O)c1ccc(C2=CCC(Br)C=C2)cc1. The number of rotatable bonds is 2. The summed E-state index contributed by atoms with van der Waals surface area (Å²) in [5, 5.41) is 0. The Morgan fingerprint density at radius 3 is 2.35 bits per heavy atom. The molecule has 1 N–H and O–H groups in total. The van der Waals surface area contributed by atoms with E-state index < -0.39 is 10.1 Å². The molecule has 2 rings (SSSR count). The lowest BCUT2D eigenvalue weighted by Gasteiger charge is -2.11. The Balaban J connectivity index is 2.28. The van der Waals surface area contributed by atoms with E-state index in [0.717, 1.165) is 17.6 Å². The molecule has 90 valence electrons. The Morgan fingerprint density at radius 1 is 1.24 bits per heavy atom. The van der Waals surface area contributed by atoms with Crippen LogP contribution in [0.25, 0.3) is 5.57 Å². The van der Waals surface area contributed by atoms with Crippen LogP contribution in [0, 0.1) is 0 Å². The van der Waals surface area contributed by atoms with Gasteiger partial charge in [-0.25, -0.2) is 0 Å². The molecule has 3 nitrogen and oxygen atoms in total. The highest BCUT2D eigenvalue weighted by Crippen LogP contribution is 2.25. The van der Waals surface area contributed by atoms with E-state index in [4.69, 9.17) is 4.55 Å². The average molecular weight is 315 g/mol. The zero-order valence-corrected chi connectivity index (χ0v) is 11.3. The van der Waals surface area contributed by atoms with Gasteiger partial charge in [-0.05, 0) is 29.7 Å². The van der Waals surface area contributed by atoms with E-state index in [1.807, 2.05) is 12.2 Å². The van der Waals surface area contributed by atoms with Gasteiger partial charge in [0.1, 0.15) is 0 Å². The van der Waals surface area contributed by atoms with Crippen molar-refractivity contribution in [2.75, 3.05) is 0 Å².